The van der Waals surface area contributed by atoms with Crippen LogP contribution in [0.25, 0.3) is 0 Å². The molecule has 0 unspecified atom stereocenters. The van der Waals surface area contributed by atoms with Crippen LogP contribution in [-0.4, -0.2) is 41.6 Å². The van der Waals surface area contributed by atoms with E-state index in [0.717, 1.165) is 12.0 Å². The molecule has 0 atom stereocenters. The topological polar surface area (TPSA) is 69.6 Å². The number of nitrogens with one attached hydrogen (secondary N) is 1. The van der Waals surface area contributed by atoms with E-state index in [1.165, 1.54) is 0 Å². The summed E-state index contributed by atoms with van der Waals surface area (Å²) in [7, 11) is 0. The zero-order valence-electron chi connectivity index (χ0n) is 12.3. The van der Waals surface area contributed by atoms with Gasteiger partial charge in [-0.2, -0.15) is 0 Å². The molecule has 0 saturated carbocycles. The van der Waals surface area contributed by atoms with Crippen molar-refractivity contribution in [1.82, 2.24) is 10.2 Å². The second-order valence-electron chi connectivity index (χ2n) is 4.72. The SMILES string of the molecule is C=CCN(CCC)C(=O)NCCc1ccc(C(=O)O)cc1. The van der Waals surface area contributed by atoms with Crippen LogP contribution in [-0.2, 0) is 6.42 Å². The number of carboxylic acid groups (broad SMARTS) is 1. The molecule has 2 N–H and O–H groups in total. The number of nitrogens with zero attached hydrogens (tertiary/aromatic N) is 1. The third-order valence-corrected chi connectivity index (χ3v) is 3.02. The Balaban J connectivity index is 2.42. The molecule has 0 aliphatic carbocycles. The van der Waals surface area contributed by atoms with Crippen LogP contribution in [0.2, 0.25) is 0 Å². The first-order chi connectivity index (χ1) is 10.1. The molecule has 0 heterocycles. The van der Waals surface area contributed by atoms with Crippen LogP contribution in [0.4, 0.5) is 4.79 Å². The van der Waals surface area contributed by atoms with Crippen molar-refractivity contribution in [3.8, 4) is 0 Å². The highest BCUT2D eigenvalue weighted by Crippen LogP contribution is 2.05. The normalized spacial score (nSPS) is 9.95. The van der Waals surface area contributed by atoms with E-state index in [1.807, 2.05) is 6.92 Å². The lowest BCUT2D eigenvalue weighted by Gasteiger charge is -2.20. The van der Waals surface area contributed by atoms with Crippen molar-refractivity contribution >= 4 is 12.0 Å². The average molecular weight is 290 g/mol. The summed E-state index contributed by atoms with van der Waals surface area (Å²) < 4.78 is 0. The molecule has 0 spiro atoms. The molecule has 0 aromatic heterocycles. The van der Waals surface area contributed by atoms with Crippen LogP contribution < -0.4 is 5.32 Å². The molecule has 5 heteroatoms. The number of aromatic carboxylic acids is 1. The highest BCUT2D eigenvalue weighted by Gasteiger charge is 2.09. The molecule has 21 heavy (non-hydrogen) atoms. The van der Waals surface area contributed by atoms with Crippen LogP contribution >= 0.6 is 0 Å². The summed E-state index contributed by atoms with van der Waals surface area (Å²) in [5, 5.41) is 11.7. The summed E-state index contributed by atoms with van der Waals surface area (Å²) in [6.07, 6.45) is 3.28. The van der Waals surface area contributed by atoms with Gasteiger partial charge in [-0.05, 0) is 30.5 Å². The number of urea groups is 1. The van der Waals surface area contributed by atoms with Crippen LogP contribution in [0, 0.1) is 0 Å². The third kappa shape index (κ3) is 5.69. The molecule has 114 valence electrons. The van der Waals surface area contributed by atoms with Crippen molar-refractivity contribution in [1.29, 1.82) is 0 Å². The summed E-state index contributed by atoms with van der Waals surface area (Å²) in [6, 6.07) is 6.58. The molecule has 1 rings (SSSR count). The largest absolute Gasteiger partial charge is 0.478 e. The Kier molecular flexibility index (Phi) is 7.01. The zero-order chi connectivity index (χ0) is 15.7. The highest BCUT2D eigenvalue weighted by atomic mass is 16.4. The fourth-order valence-corrected chi connectivity index (χ4v) is 1.94. The molecule has 5 nitrogen and oxygen atoms in total. The molecule has 0 radical (unpaired) electrons. The average Bonchev–Trinajstić information content (AvgIpc) is 2.47. The number of benzene rings is 1. The number of amides is 2. The Bertz CT molecular complexity index is 483. The van der Waals surface area contributed by atoms with Gasteiger partial charge in [0.1, 0.15) is 0 Å². The lowest BCUT2D eigenvalue weighted by atomic mass is 10.1. The first kappa shape index (κ1) is 16.8. The van der Waals surface area contributed by atoms with Crippen LogP contribution in [0.15, 0.2) is 36.9 Å². The van der Waals surface area contributed by atoms with E-state index in [2.05, 4.69) is 11.9 Å². The zero-order valence-corrected chi connectivity index (χ0v) is 12.3. The molecule has 1 aromatic carbocycles. The molecule has 0 bridgehead atoms. The molecule has 1 aromatic rings. The Labute approximate surface area is 125 Å². The van der Waals surface area contributed by atoms with Gasteiger partial charge in [0.05, 0.1) is 5.56 Å². The van der Waals surface area contributed by atoms with E-state index in [1.54, 1.807) is 35.2 Å². The van der Waals surface area contributed by atoms with Gasteiger partial charge in [0, 0.05) is 19.6 Å². The summed E-state index contributed by atoms with van der Waals surface area (Å²) >= 11 is 0. The summed E-state index contributed by atoms with van der Waals surface area (Å²) in [4.78, 5) is 24.4. The van der Waals surface area contributed by atoms with Gasteiger partial charge in [-0.3, -0.25) is 0 Å². The smallest absolute Gasteiger partial charge is 0.335 e. The fraction of sp³-hybridized carbons (Fsp3) is 0.375. The summed E-state index contributed by atoms with van der Waals surface area (Å²) in [5.74, 6) is -0.936. The number of carbonyl (C=O) groups excluding carboxylic acids is 1. The van der Waals surface area contributed by atoms with Gasteiger partial charge in [-0.15, -0.1) is 6.58 Å². The fourth-order valence-electron chi connectivity index (χ4n) is 1.94. The van der Waals surface area contributed by atoms with Crippen molar-refractivity contribution in [2.24, 2.45) is 0 Å². The van der Waals surface area contributed by atoms with E-state index >= 15 is 0 Å². The van der Waals surface area contributed by atoms with E-state index in [9.17, 15) is 9.59 Å². The monoisotopic (exact) mass is 290 g/mol. The highest BCUT2D eigenvalue weighted by molar-refractivity contribution is 5.87. The van der Waals surface area contributed by atoms with Crippen LogP contribution in [0.1, 0.15) is 29.3 Å². The third-order valence-electron chi connectivity index (χ3n) is 3.02. The lowest BCUT2D eigenvalue weighted by Crippen LogP contribution is -2.41. The van der Waals surface area contributed by atoms with Crippen molar-refractivity contribution in [3.05, 3.63) is 48.0 Å². The summed E-state index contributed by atoms with van der Waals surface area (Å²) in [5.41, 5.74) is 1.26. The minimum Gasteiger partial charge on any atom is -0.478 e. The van der Waals surface area contributed by atoms with Gasteiger partial charge in [0.15, 0.2) is 0 Å². The molecular weight excluding hydrogens is 268 g/mol. The number of hydrogen-bond donors (Lipinski definition) is 2. The Morgan fingerprint density at radius 1 is 1.33 bits per heavy atom. The van der Waals surface area contributed by atoms with E-state index in [-0.39, 0.29) is 11.6 Å². The van der Waals surface area contributed by atoms with Gasteiger partial charge in [-0.25, -0.2) is 9.59 Å². The molecule has 0 fully saturated rings. The van der Waals surface area contributed by atoms with Gasteiger partial charge < -0.3 is 15.3 Å². The van der Waals surface area contributed by atoms with E-state index in [0.29, 0.717) is 26.1 Å². The first-order valence-corrected chi connectivity index (χ1v) is 7.04. The second kappa shape index (κ2) is 8.79. The molecule has 2 amide bonds. The van der Waals surface area contributed by atoms with Gasteiger partial charge in [-0.1, -0.05) is 25.1 Å². The second-order valence-corrected chi connectivity index (χ2v) is 4.72. The Morgan fingerprint density at radius 2 is 2.00 bits per heavy atom. The molecule has 0 aliphatic heterocycles. The van der Waals surface area contributed by atoms with E-state index < -0.39 is 5.97 Å². The van der Waals surface area contributed by atoms with Crippen molar-refractivity contribution in [3.63, 3.8) is 0 Å². The predicted molar refractivity (Wildman–Crippen MR) is 82.6 cm³/mol. The Hall–Kier alpha value is -2.30. The minimum atomic E-state index is -0.936. The standard InChI is InChI=1S/C16H22N2O3/c1-3-11-18(12-4-2)16(21)17-10-9-13-5-7-14(8-6-13)15(19)20/h3,5-8H,1,4,9-12H2,2H3,(H,17,21)(H,19,20). The predicted octanol–water partition coefficient (Wildman–Crippen LogP) is 2.53. The summed E-state index contributed by atoms with van der Waals surface area (Å²) in [6.45, 7) is 7.42. The number of rotatable bonds is 8. The molecule has 0 saturated heterocycles. The molecular formula is C16H22N2O3. The van der Waals surface area contributed by atoms with Gasteiger partial charge in [0.2, 0.25) is 0 Å². The van der Waals surface area contributed by atoms with Gasteiger partial charge >= 0.3 is 12.0 Å². The van der Waals surface area contributed by atoms with Crippen molar-refractivity contribution in [2.45, 2.75) is 19.8 Å². The maximum Gasteiger partial charge on any atom is 0.335 e. The van der Waals surface area contributed by atoms with E-state index in [4.69, 9.17) is 5.11 Å². The quantitative estimate of drug-likeness (QED) is 0.723. The number of carboxylic acids is 1. The molecule has 0 aliphatic rings. The van der Waals surface area contributed by atoms with Crippen molar-refractivity contribution in [2.75, 3.05) is 19.6 Å². The first-order valence-electron chi connectivity index (χ1n) is 7.04. The lowest BCUT2D eigenvalue weighted by molar-refractivity contribution is 0.0697. The Morgan fingerprint density at radius 3 is 2.52 bits per heavy atom. The van der Waals surface area contributed by atoms with Crippen LogP contribution in [0.3, 0.4) is 0 Å². The maximum absolute atomic E-state index is 11.9. The minimum absolute atomic E-state index is 0.0982. The van der Waals surface area contributed by atoms with Gasteiger partial charge in [0.25, 0.3) is 0 Å². The van der Waals surface area contributed by atoms with Crippen molar-refractivity contribution < 1.29 is 14.7 Å². The maximum atomic E-state index is 11.9. The number of carbonyl (C=O) groups is 2. The van der Waals surface area contributed by atoms with Crippen LogP contribution in [0.5, 0.6) is 0 Å². The number of hydrogen-bond acceptors (Lipinski definition) is 2.